The normalized spacial score (nSPS) is 10.0. The number of azide groups is 1. The zero-order valence-electron chi connectivity index (χ0n) is 7.55. The molecule has 0 aliphatic heterocycles. The van der Waals surface area contributed by atoms with E-state index in [4.69, 9.17) is 5.53 Å². The van der Waals surface area contributed by atoms with Gasteiger partial charge in [0.1, 0.15) is 0 Å². The number of hydrogen-bond acceptors (Lipinski definition) is 2. The monoisotopic (exact) mass is 190 g/mol. The van der Waals surface area contributed by atoms with Crippen LogP contribution in [0.5, 0.6) is 0 Å². The first-order valence-corrected chi connectivity index (χ1v) is 4.19. The van der Waals surface area contributed by atoms with E-state index in [0.717, 1.165) is 0 Å². The van der Waals surface area contributed by atoms with Crippen molar-refractivity contribution < 1.29 is 0 Å². The summed E-state index contributed by atoms with van der Waals surface area (Å²) >= 11 is 0. The van der Waals surface area contributed by atoms with E-state index >= 15 is 0 Å². The quantitative estimate of drug-likeness (QED) is 0.335. The highest BCUT2D eigenvalue weighted by molar-refractivity contribution is 5.47. The summed E-state index contributed by atoms with van der Waals surface area (Å²) in [6.07, 6.45) is 5.74. The standard InChI is InChI=1S/C9H10N4O/c10-13-12-7-2-1-4-8-5-3-6-11-9(8)14/h1,3-6H,2,7H2,(H,11,14). The SMILES string of the molecule is [N-]=[N+]=NCCC=Cc1ccc[nH]c1=O. The highest BCUT2D eigenvalue weighted by Crippen LogP contribution is 1.95. The van der Waals surface area contributed by atoms with Crippen LogP contribution in [0.2, 0.25) is 0 Å². The van der Waals surface area contributed by atoms with Crippen LogP contribution in [0.4, 0.5) is 0 Å². The maximum Gasteiger partial charge on any atom is 0.255 e. The molecule has 0 fully saturated rings. The lowest BCUT2D eigenvalue weighted by Gasteiger charge is -1.89. The van der Waals surface area contributed by atoms with Crippen molar-refractivity contribution >= 4 is 6.08 Å². The third-order valence-electron chi connectivity index (χ3n) is 1.61. The molecule has 0 radical (unpaired) electrons. The Morgan fingerprint density at radius 1 is 1.64 bits per heavy atom. The van der Waals surface area contributed by atoms with Crippen LogP contribution in [-0.4, -0.2) is 11.5 Å². The second kappa shape index (κ2) is 5.61. The van der Waals surface area contributed by atoms with Crippen molar-refractivity contribution in [1.29, 1.82) is 0 Å². The van der Waals surface area contributed by atoms with Crippen molar-refractivity contribution in [1.82, 2.24) is 4.98 Å². The van der Waals surface area contributed by atoms with Gasteiger partial charge in [-0.1, -0.05) is 17.3 Å². The van der Waals surface area contributed by atoms with Crippen molar-refractivity contribution in [2.24, 2.45) is 5.11 Å². The molecule has 5 heteroatoms. The molecule has 0 aliphatic rings. The van der Waals surface area contributed by atoms with Crippen LogP contribution < -0.4 is 5.56 Å². The Kier molecular flexibility index (Phi) is 4.04. The lowest BCUT2D eigenvalue weighted by Crippen LogP contribution is -2.06. The van der Waals surface area contributed by atoms with Crippen LogP contribution in [0.1, 0.15) is 12.0 Å². The number of hydrogen-bond donors (Lipinski definition) is 1. The van der Waals surface area contributed by atoms with Gasteiger partial charge in [-0.05, 0) is 24.1 Å². The van der Waals surface area contributed by atoms with Crippen LogP contribution in [0, 0.1) is 0 Å². The Hall–Kier alpha value is -2.00. The van der Waals surface area contributed by atoms with Crippen LogP contribution in [-0.2, 0) is 0 Å². The van der Waals surface area contributed by atoms with Gasteiger partial charge in [0.25, 0.3) is 5.56 Å². The smallest absolute Gasteiger partial charge is 0.255 e. The Labute approximate surface area is 80.7 Å². The fraction of sp³-hybridized carbons (Fsp3) is 0.222. The number of pyridine rings is 1. The van der Waals surface area contributed by atoms with Gasteiger partial charge in [-0.2, -0.15) is 0 Å². The summed E-state index contributed by atoms with van der Waals surface area (Å²) in [7, 11) is 0. The zero-order valence-corrected chi connectivity index (χ0v) is 7.55. The summed E-state index contributed by atoms with van der Waals surface area (Å²) < 4.78 is 0. The summed E-state index contributed by atoms with van der Waals surface area (Å²) in [6, 6.07) is 3.48. The van der Waals surface area contributed by atoms with Crippen molar-refractivity contribution in [2.45, 2.75) is 6.42 Å². The average molecular weight is 190 g/mol. The van der Waals surface area contributed by atoms with Gasteiger partial charge < -0.3 is 4.98 Å². The Morgan fingerprint density at radius 2 is 2.50 bits per heavy atom. The summed E-state index contributed by atoms with van der Waals surface area (Å²) in [5, 5.41) is 3.37. The van der Waals surface area contributed by atoms with E-state index in [0.29, 0.717) is 18.5 Å². The molecule has 0 bridgehead atoms. The van der Waals surface area contributed by atoms with E-state index in [1.807, 2.05) is 0 Å². The van der Waals surface area contributed by atoms with Gasteiger partial charge in [0.15, 0.2) is 0 Å². The Morgan fingerprint density at radius 3 is 3.21 bits per heavy atom. The summed E-state index contributed by atoms with van der Waals surface area (Å²) in [5.74, 6) is 0. The van der Waals surface area contributed by atoms with Gasteiger partial charge >= 0.3 is 0 Å². The molecule has 0 unspecified atom stereocenters. The third-order valence-corrected chi connectivity index (χ3v) is 1.61. The van der Waals surface area contributed by atoms with Gasteiger partial charge in [-0.25, -0.2) is 0 Å². The molecule has 1 heterocycles. The molecule has 0 aromatic carbocycles. The fourth-order valence-electron chi connectivity index (χ4n) is 0.953. The Balaban J connectivity index is 2.56. The molecular formula is C9H10N4O. The minimum atomic E-state index is -0.118. The van der Waals surface area contributed by atoms with Crippen LogP contribution in [0.15, 0.2) is 34.3 Å². The highest BCUT2D eigenvalue weighted by atomic mass is 16.1. The minimum absolute atomic E-state index is 0.118. The van der Waals surface area contributed by atoms with E-state index in [1.165, 1.54) is 0 Å². The van der Waals surface area contributed by atoms with Crippen molar-refractivity contribution in [3.05, 3.63) is 50.8 Å². The molecule has 0 aliphatic carbocycles. The molecule has 1 aromatic rings. The van der Waals surface area contributed by atoms with Gasteiger partial charge in [0.05, 0.1) is 0 Å². The molecule has 1 aromatic heterocycles. The molecular weight excluding hydrogens is 180 g/mol. The van der Waals surface area contributed by atoms with E-state index in [-0.39, 0.29) is 5.56 Å². The van der Waals surface area contributed by atoms with Gasteiger partial charge in [0.2, 0.25) is 0 Å². The fourth-order valence-corrected chi connectivity index (χ4v) is 0.953. The van der Waals surface area contributed by atoms with E-state index < -0.39 is 0 Å². The molecule has 5 nitrogen and oxygen atoms in total. The first-order valence-electron chi connectivity index (χ1n) is 4.19. The second-order valence-corrected chi connectivity index (χ2v) is 2.60. The van der Waals surface area contributed by atoms with Crippen LogP contribution in [0.25, 0.3) is 16.5 Å². The maximum atomic E-state index is 11.2. The summed E-state index contributed by atoms with van der Waals surface area (Å²) in [6.45, 7) is 0.414. The number of H-pyrrole nitrogens is 1. The van der Waals surface area contributed by atoms with Crippen molar-refractivity contribution in [3.8, 4) is 0 Å². The van der Waals surface area contributed by atoms with Crippen molar-refractivity contribution in [2.75, 3.05) is 6.54 Å². The van der Waals surface area contributed by atoms with Gasteiger partial charge in [-0.3, -0.25) is 4.79 Å². The topological polar surface area (TPSA) is 81.6 Å². The van der Waals surface area contributed by atoms with Crippen LogP contribution >= 0.6 is 0 Å². The zero-order chi connectivity index (χ0) is 10.2. The summed E-state index contributed by atoms with van der Waals surface area (Å²) in [4.78, 5) is 16.3. The van der Waals surface area contributed by atoms with Gasteiger partial charge in [0, 0.05) is 23.2 Å². The molecule has 0 amide bonds. The molecule has 14 heavy (non-hydrogen) atoms. The average Bonchev–Trinajstić information content (AvgIpc) is 2.20. The number of nitrogens with one attached hydrogen (secondary N) is 1. The predicted octanol–water partition coefficient (Wildman–Crippen LogP) is 2.09. The first-order chi connectivity index (χ1) is 6.84. The van der Waals surface area contributed by atoms with Crippen LogP contribution in [0.3, 0.4) is 0 Å². The molecule has 1 rings (SSSR count). The van der Waals surface area contributed by atoms with Crippen molar-refractivity contribution in [3.63, 3.8) is 0 Å². The Bertz CT molecular complexity index is 415. The number of aromatic amines is 1. The lowest BCUT2D eigenvalue weighted by atomic mass is 10.2. The maximum absolute atomic E-state index is 11.2. The second-order valence-electron chi connectivity index (χ2n) is 2.60. The molecule has 0 atom stereocenters. The molecule has 1 N–H and O–H groups in total. The largest absolute Gasteiger partial charge is 0.329 e. The number of nitrogens with zero attached hydrogens (tertiary/aromatic N) is 3. The molecule has 0 saturated carbocycles. The van der Waals surface area contributed by atoms with E-state index in [2.05, 4.69) is 15.0 Å². The first kappa shape index (κ1) is 10.1. The lowest BCUT2D eigenvalue weighted by molar-refractivity contribution is 0.995. The van der Waals surface area contributed by atoms with Gasteiger partial charge in [-0.15, -0.1) is 0 Å². The van der Waals surface area contributed by atoms with E-state index in [9.17, 15) is 4.79 Å². The predicted molar refractivity (Wildman–Crippen MR) is 54.7 cm³/mol. The molecule has 0 saturated heterocycles. The minimum Gasteiger partial charge on any atom is -0.329 e. The summed E-state index contributed by atoms with van der Waals surface area (Å²) in [5.41, 5.74) is 8.49. The number of rotatable bonds is 4. The third kappa shape index (κ3) is 3.16. The number of aromatic nitrogens is 1. The van der Waals surface area contributed by atoms with E-state index in [1.54, 1.807) is 30.5 Å². The molecule has 72 valence electrons. The molecule has 0 spiro atoms. The highest BCUT2D eigenvalue weighted by Gasteiger charge is 1.90.